The van der Waals surface area contributed by atoms with Crippen LogP contribution in [0.3, 0.4) is 0 Å². The van der Waals surface area contributed by atoms with Crippen LogP contribution in [0.5, 0.6) is 17.2 Å². The molecule has 0 heterocycles. The van der Waals surface area contributed by atoms with Gasteiger partial charge in [-0.2, -0.15) is 0 Å². The third-order valence-corrected chi connectivity index (χ3v) is 5.09. The van der Waals surface area contributed by atoms with Crippen LogP contribution in [0.1, 0.15) is 77.6 Å². The Kier molecular flexibility index (Phi) is 8.84. The summed E-state index contributed by atoms with van der Waals surface area (Å²) in [6, 6.07) is 11.6. The Morgan fingerprint density at radius 1 is 0.788 bits per heavy atom. The lowest BCUT2D eigenvalue weighted by molar-refractivity contribution is -0.143. The zero-order valence-electron chi connectivity index (χ0n) is 25.3. The minimum atomic E-state index is -2.59. The highest BCUT2D eigenvalue weighted by atomic mass is 16.5. The summed E-state index contributed by atoms with van der Waals surface area (Å²) in [5.41, 5.74) is 1.50. The summed E-state index contributed by atoms with van der Waals surface area (Å²) in [7, 11) is -5.10. The highest BCUT2D eigenvalue weighted by molar-refractivity contribution is 5.71. The van der Waals surface area contributed by atoms with Gasteiger partial charge < -0.3 is 18.9 Å². The monoisotopic (exact) mass is 460 g/mol. The van der Waals surface area contributed by atoms with Crippen LogP contribution in [0, 0.1) is 0 Å². The van der Waals surface area contributed by atoms with Gasteiger partial charge in [0.2, 0.25) is 0 Å². The van der Waals surface area contributed by atoms with Crippen molar-refractivity contribution in [2.45, 2.75) is 58.3 Å². The lowest BCUT2D eigenvalue weighted by Gasteiger charge is -2.10. The normalized spacial score (nSPS) is 14.3. The molecular formula is C28H38O5. The van der Waals surface area contributed by atoms with E-state index < -0.39 is 14.1 Å². The molecule has 0 unspecified atom stereocenters. The Morgan fingerprint density at radius 2 is 1.42 bits per heavy atom. The summed E-state index contributed by atoms with van der Waals surface area (Å²) in [5.74, 6) is 0.803. The van der Waals surface area contributed by atoms with Crippen molar-refractivity contribution in [3.8, 4) is 17.2 Å². The van der Waals surface area contributed by atoms with E-state index in [1.54, 1.807) is 48.5 Å². The van der Waals surface area contributed by atoms with E-state index in [4.69, 9.17) is 27.2 Å². The molecule has 2 aromatic carbocycles. The average molecular weight is 461 g/mol. The Hall–Kier alpha value is -2.95. The van der Waals surface area contributed by atoms with Crippen molar-refractivity contribution in [2.24, 2.45) is 0 Å². The van der Waals surface area contributed by atoms with Gasteiger partial charge in [0.05, 0.1) is 35.5 Å². The standard InChI is InChI=1S/C28H38O5/c1-4-32-28(29)12-10-8-6-5-7-9-11-19-33-27-21-24(20-26(22-27)31-3)14-13-23-15-17-25(30-2)18-16-23/h13-18,20-22H,4-12,19H2,1-3H3/b14-13+/i2D3,3D3. The number of hydrogen-bond acceptors (Lipinski definition) is 5. The highest BCUT2D eigenvalue weighted by Crippen LogP contribution is 2.25. The molecule has 0 aliphatic carbocycles. The van der Waals surface area contributed by atoms with Crippen LogP contribution in [0.15, 0.2) is 42.5 Å². The molecule has 5 heteroatoms. The molecule has 0 saturated carbocycles. The third kappa shape index (κ3) is 11.0. The molecule has 0 fully saturated rings. The van der Waals surface area contributed by atoms with Gasteiger partial charge in [-0.05, 0) is 55.2 Å². The first-order chi connectivity index (χ1) is 18.4. The fourth-order valence-electron chi connectivity index (χ4n) is 3.35. The molecule has 0 aliphatic heterocycles. The van der Waals surface area contributed by atoms with E-state index >= 15 is 0 Å². The van der Waals surface area contributed by atoms with E-state index in [9.17, 15) is 4.79 Å². The van der Waals surface area contributed by atoms with Crippen LogP contribution in [-0.4, -0.2) is 33.3 Å². The maximum atomic E-state index is 11.3. The van der Waals surface area contributed by atoms with Gasteiger partial charge in [0.25, 0.3) is 0 Å². The van der Waals surface area contributed by atoms with Crippen LogP contribution in [-0.2, 0) is 9.53 Å². The number of ether oxygens (including phenoxy) is 4. The molecule has 0 bridgehead atoms. The second-order valence-electron chi connectivity index (χ2n) is 7.72. The molecule has 0 N–H and O–H groups in total. The predicted molar refractivity (Wildman–Crippen MR) is 134 cm³/mol. The molecule has 5 nitrogen and oxygen atoms in total. The lowest BCUT2D eigenvalue weighted by atomic mass is 10.1. The third-order valence-electron chi connectivity index (χ3n) is 5.09. The molecule has 0 atom stereocenters. The number of benzene rings is 2. The van der Waals surface area contributed by atoms with Gasteiger partial charge in [-0.1, -0.05) is 56.4 Å². The van der Waals surface area contributed by atoms with Crippen LogP contribution in [0.2, 0.25) is 0 Å². The quantitative estimate of drug-likeness (QED) is 0.154. The minimum absolute atomic E-state index is 0.126. The molecule has 0 aliphatic rings. The fourth-order valence-corrected chi connectivity index (χ4v) is 3.35. The maximum absolute atomic E-state index is 11.3. The number of methoxy groups -OCH3 is 2. The Bertz CT molecular complexity index is 1030. The average Bonchev–Trinajstić information content (AvgIpc) is 2.83. The summed E-state index contributed by atoms with van der Waals surface area (Å²) in [6.07, 6.45) is 11.1. The second kappa shape index (κ2) is 15.8. The fraction of sp³-hybridized carbons (Fsp3) is 0.464. The molecule has 0 aromatic heterocycles. The smallest absolute Gasteiger partial charge is 0.305 e. The predicted octanol–water partition coefficient (Wildman–Crippen LogP) is 6.94. The summed E-state index contributed by atoms with van der Waals surface area (Å²) in [4.78, 5) is 11.3. The SMILES string of the molecule is [2H]C([2H])([2H])Oc1ccc(/C=C/c2cc(OCCCCCCCCCC(=O)OCC)cc(OC([2H])([2H])[2H])c2)cc1. The van der Waals surface area contributed by atoms with Crippen molar-refractivity contribution < 1.29 is 32.0 Å². The number of unbranched alkanes of at least 4 members (excludes halogenated alkanes) is 6. The van der Waals surface area contributed by atoms with Crippen LogP contribution >= 0.6 is 0 Å². The minimum Gasteiger partial charge on any atom is -0.497 e. The lowest BCUT2D eigenvalue weighted by Crippen LogP contribution is -2.03. The van der Waals surface area contributed by atoms with Crippen molar-refractivity contribution in [3.63, 3.8) is 0 Å². The maximum Gasteiger partial charge on any atom is 0.305 e. The number of carbonyl (C=O) groups excluding carboxylic acids is 1. The van der Waals surface area contributed by atoms with Crippen LogP contribution in [0.4, 0.5) is 0 Å². The van der Waals surface area contributed by atoms with Gasteiger partial charge in [-0.15, -0.1) is 0 Å². The van der Waals surface area contributed by atoms with E-state index in [-0.39, 0.29) is 17.5 Å². The number of esters is 1. The molecular weight excluding hydrogens is 416 g/mol. The van der Waals surface area contributed by atoms with Crippen LogP contribution < -0.4 is 14.2 Å². The first-order valence-corrected chi connectivity index (χ1v) is 11.5. The number of rotatable bonds is 16. The molecule has 0 radical (unpaired) electrons. The van der Waals surface area contributed by atoms with Crippen molar-refractivity contribution in [1.29, 1.82) is 0 Å². The van der Waals surface area contributed by atoms with Gasteiger partial charge in [0, 0.05) is 12.5 Å². The molecule has 2 rings (SSSR count). The summed E-state index contributed by atoms with van der Waals surface area (Å²) in [6.45, 7) is 2.73. The van der Waals surface area contributed by atoms with Crippen molar-refractivity contribution >= 4 is 18.1 Å². The molecule has 2 aromatic rings. The Morgan fingerprint density at radius 3 is 2.15 bits per heavy atom. The zero-order valence-corrected chi connectivity index (χ0v) is 19.3. The van der Waals surface area contributed by atoms with Crippen molar-refractivity contribution in [3.05, 3.63) is 53.6 Å². The first kappa shape index (κ1) is 18.5. The highest BCUT2D eigenvalue weighted by Gasteiger charge is 2.03. The van der Waals surface area contributed by atoms with E-state index in [0.29, 0.717) is 30.9 Å². The summed E-state index contributed by atoms with van der Waals surface area (Å²) < 4.78 is 64.6. The summed E-state index contributed by atoms with van der Waals surface area (Å²) in [5, 5.41) is 0. The van der Waals surface area contributed by atoms with Crippen molar-refractivity contribution in [1.82, 2.24) is 0 Å². The van der Waals surface area contributed by atoms with E-state index in [1.807, 2.05) is 13.0 Å². The largest absolute Gasteiger partial charge is 0.497 e. The van der Waals surface area contributed by atoms with Crippen molar-refractivity contribution in [2.75, 3.05) is 27.3 Å². The van der Waals surface area contributed by atoms with E-state index in [2.05, 4.69) is 0 Å². The molecule has 0 spiro atoms. The molecule has 0 amide bonds. The first-order valence-electron chi connectivity index (χ1n) is 14.5. The van der Waals surface area contributed by atoms with Crippen LogP contribution in [0.25, 0.3) is 12.2 Å². The van der Waals surface area contributed by atoms with E-state index in [0.717, 1.165) is 50.5 Å². The zero-order chi connectivity index (χ0) is 28.7. The number of hydrogen-bond donors (Lipinski definition) is 0. The number of carbonyl (C=O) groups is 1. The molecule has 180 valence electrons. The van der Waals surface area contributed by atoms with Gasteiger partial charge >= 0.3 is 5.97 Å². The topological polar surface area (TPSA) is 54.0 Å². The summed E-state index contributed by atoms with van der Waals surface area (Å²) >= 11 is 0. The molecule has 33 heavy (non-hydrogen) atoms. The molecule has 0 saturated heterocycles. The Labute approximate surface area is 207 Å². The van der Waals surface area contributed by atoms with E-state index in [1.165, 1.54) is 0 Å². The van der Waals surface area contributed by atoms with Gasteiger partial charge in [-0.25, -0.2) is 0 Å². The second-order valence-corrected chi connectivity index (χ2v) is 7.72. The van der Waals surface area contributed by atoms with Gasteiger partial charge in [-0.3, -0.25) is 4.79 Å². The Balaban J connectivity index is 1.85. The van der Waals surface area contributed by atoms with Gasteiger partial charge in [0.1, 0.15) is 17.2 Å². The van der Waals surface area contributed by atoms with Gasteiger partial charge in [0.15, 0.2) is 0 Å².